The highest BCUT2D eigenvalue weighted by atomic mass is 15.4. The molecule has 0 radical (unpaired) electrons. The number of aryl methyl sites for hydroxylation is 1. The molecule has 1 atom stereocenters. The fourth-order valence-corrected chi connectivity index (χ4v) is 3.99. The predicted octanol–water partition coefficient (Wildman–Crippen LogP) is 3.26. The second kappa shape index (κ2) is 7.81. The number of aromatic nitrogens is 2. The van der Waals surface area contributed by atoms with Crippen LogP contribution in [0.3, 0.4) is 0 Å². The van der Waals surface area contributed by atoms with Crippen molar-refractivity contribution in [3.63, 3.8) is 0 Å². The summed E-state index contributed by atoms with van der Waals surface area (Å²) in [6, 6.07) is 16.1. The van der Waals surface area contributed by atoms with Crippen LogP contribution in [-0.2, 0) is 7.05 Å². The van der Waals surface area contributed by atoms with Gasteiger partial charge in [-0.05, 0) is 30.3 Å². The highest BCUT2D eigenvalue weighted by Gasteiger charge is 2.33. The summed E-state index contributed by atoms with van der Waals surface area (Å²) >= 11 is 0. The molecule has 2 aromatic carbocycles. The fourth-order valence-electron chi connectivity index (χ4n) is 3.99. The Morgan fingerprint density at radius 1 is 1.12 bits per heavy atom. The van der Waals surface area contributed by atoms with Crippen molar-refractivity contribution in [1.29, 1.82) is 0 Å². The molecule has 0 saturated carbocycles. The molecule has 3 aromatic rings. The molecule has 2 aliphatic rings. The van der Waals surface area contributed by atoms with E-state index in [9.17, 15) is 0 Å². The summed E-state index contributed by atoms with van der Waals surface area (Å²) in [6.45, 7) is 0. The molecule has 5 rings (SSSR count). The number of nitrogen functional groups attached to an aromatic ring is 1. The van der Waals surface area contributed by atoms with E-state index in [0.29, 0.717) is 5.69 Å². The van der Waals surface area contributed by atoms with E-state index < -0.39 is 0 Å². The highest BCUT2D eigenvalue weighted by molar-refractivity contribution is 6.02. The number of nitrogens with zero attached hydrogens (tertiary/aromatic N) is 5. The van der Waals surface area contributed by atoms with Crippen LogP contribution in [-0.4, -0.2) is 40.8 Å². The van der Waals surface area contributed by atoms with Gasteiger partial charge in [0.15, 0.2) is 6.17 Å². The van der Waals surface area contributed by atoms with Crippen molar-refractivity contribution < 1.29 is 0 Å². The second-order valence-corrected chi connectivity index (χ2v) is 8.08. The number of nitrogens with one attached hydrogen (secondary N) is 2. The summed E-state index contributed by atoms with van der Waals surface area (Å²) in [4.78, 5) is 8.85. The Bertz CT molecular complexity index is 1250. The Morgan fingerprint density at radius 3 is 2.78 bits per heavy atom. The van der Waals surface area contributed by atoms with Gasteiger partial charge in [0.2, 0.25) is 0 Å². The molecule has 4 N–H and O–H groups in total. The molecule has 0 amide bonds. The van der Waals surface area contributed by atoms with E-state index in [0.717, 1.165) is 39.7 Å². The number of hydrogen-bond donors (Lipinski definition) is 3. The van der Waals surface area contributed by atoms with Gasteiger partial charge in [-0.1, -0.05) is 18.2 Å². The summed E-state index contributed by atoms with van der Waals surface area (Å²) in [5.74, 6) is 0.823. The number of fused-ring (bicyclic) bond motifs is 1. The van der Waals surface area contributed by atoms with Gasteiger partial charge in [0.1, 0.15) is 11.5 Å². The van der Waals surface area contributed by atoms with E-state index in [1.165, 1.54) is 0 Å². The van der Waals surface area contributed by atoms with Gasteiger partial charge in [-0.3, -0.25) is 4.68 Å². The van der Waals surface area contributed by atoms with E-state index in [4.69, 9.17) is 10.8 Å². The molecule has 8 nitrogen and oxygen atoms in total. The standard InChI is InChI=1S/C24H26N8/c1-30(2)19-9-5-8-18(13-19)28-23-24-27-14-21(32(24)11-10-26-23)20-15-31(3)29-22(20)16-6-4-7-17(25)12-16/h4-15,24,27H,25H2,1-3H3,(H,26,28). The third-order valence-corrected chi connectivity index (χ3v) is 5.53. The lowest BCUT2D eigenvalue weighted by Crippen LogP contribution is -2.45. The van der Waals surface area contributed by atoms with Crippen LogP contribution in [0.5, 0.6) is 0 Å². The number of hydrogen-bond acceptors (Lipinski definition) is 7. The molecular formula is C24H26N8. The normalized spacial score (nSPS) is 16.8. The minimum Gasteiger partial charge on any atom is -0.399 e. The number of benzene rings is 2. The lowest BCUT2D eigenvalue weighted by Gasteiger charge is -2.29. The molecule has 32 heavy (non-hydrogen) atoms. The number of amidine groups is 1. The van der Waals surface area contributed by atoms with Crippen LogP contribution < -0.4 is 21.3 Å². The zero-order chi connectivity index (χ0) is 22.2. The van der Waals surface area contributed by atoms with E-state index in [1.54, 1.807) is 0 Å². The van der Waals surface area contributed by atoms with E-state index >= 15 is 0 Å². The third kappa shape index (κ3) is 3.56. The maximum absolute atomic E-state index is 6.02. The average Bonchev–Trinajstić information content (AvgIpc) is 3.38. The lowest BCUT2D eigenvalue weighted by atomic mass is 10.1. The zero-order valence-corrected chi connectivity index (χ0v) is 18.3. The zero-order valence-electron chi connectivity index (χ0n) is 18.3. The molecule has 0 spiro atoms. The average molecular weight is 427 g/mol. The van der Waals surface area contributed by atoms with Gasteiger partial charge in [0.25, 0.3) is 0 Å². The van der Waals surface area contributed by atoms with Crippen LogP contribution in [0.15, 0.2) is 78.3 Å². The van der Waals surface area contributed by atoms with Crippen molar-refractivity contribution in [3.8, 4) is 11.3 Å². The molecule has 1 aromatic heterocycles. The molecule has 0 fully saturated rings. The number of anilines is 3. The SMILES string of the molecule is CN(C)c1cccc(NC2=NC=CN3C(c4cn(C)nc4-c4cccc(N)c4)=CNC23)c1. The molecule has 0 bridgehead atoms. The van der Waals surface area contributed by atoms with Crippen molar-refractivity contribution in [2.45, 2.75) is 6.17 Å². The molecule has 8 heteroatoms. The first-order valence-corrected chi connectivity index (χ1v) is 10.4. The Balaban J connectivity index is 1.43. The molecule has 0 saturated heterocycles. The van der Waals surface area contributed by atoms with E-state index in [-0.39, 0.29) is 6.17 Å². The third-order valence-electron chi connectivity index (χ3n) is 5.53. The maximum Gasteiger partial charge on any atom is 0.163 e. The molecule has 1 unspecified atom stereocenters. The number of aliphatic imine (C=N–C) groups is 1. The van der Waals surface area contributed by atoms with Crippen LogP contribution in [0.2, 0.25) is 0 Å². The molecule has 0 aliphatic carbocycles. The van der Waals surface area contributed by atoms with Gasteiger partial charge in [0, 0.05) is 74.1 Å². The summed E-state index contributed by atoms with van der Waals surface area (Å²) in [5.41, 5.74) is 12.8. The quantitative estimate of drug-likeness (QED) is 0.555. The summed E-state index contributed by atoms with van der Waals surface area (Å²) < 4.78 is 1.83. The monoisotopic (exact) mass is 426 g/mol. The highest BCUT2D eigenvalue weighted by Crippen LogP contribution is 2.34. The first-order chi connectivity index (χ1) is 15.5. The first-order valence-electron chi connectivity index (χ1n) is 10.4. The van der Waals surface area contributed by atoms with Crippen LogP contribution in [0.1, 0.15) is 5.56 Å². The van der Waals surface area contributed by atoms with Crippen molar-refractivity contribution in [2.75, 3.05) is 30.0 Å². The van der Waals surface area contributed by atoms with Gasteiger partial charge >= 0.3 is 0 Å². The van der Waals surface area contributed by atoms with E-state index in [1.807, 2.05) is 87.0 Å². The van der Waals surface area contributed by atoms with Gasteiger partial charge in [0.05, 0.1) is 5.70 Å². The van der Waals surface area contributed by atoms with Gasteiger partial charge in [-0.25, -0.2) is 4.99 Å². The maximum atomic E-state index is 6.02. The first kappa shape index (κ1) is 19.7. The Hall–Kier alpha value is -4.20. The molecule has 3 heterocycles. The lowest BCUT2D eigenvalue weighted by molar-refractivity contribution is 0.462. The van der Waals surface area contributed by atoms with Crippen molar-refractivity contribution in [3.05, 3.63) is 78.9 Å². The van der Waals surface area contributed by atoms with E-state index in [2.05, 4.69) is 37.6 Å². The van der Waals surface area contributed by atoms with Crippen molar-refractivity contribution >= 4 is 28.6 Å². The Morgan fingerprint density at radius 2 is 1.97 bits per heavy atom. The smallest absolute Gasteiger partial charge is 0.163 e. The van der Waals surface area contributed by atoms with Crippen LogP contribution in [0.4, 0.5) is 17.1 Å². The topological polar surface area (TPSA) is 86.7 Å². The van der Waals surface area contributed by atoms with Crippen molar-refractivity contribution in [1.82, 2.24) is 20.0 Å². The minimum atomic E-state index is -0.132. The van der Waals surface area contributed by atoms with Crippen LogP contribution in [0.25, 0.3) is 17.0 Å². The molecular weight excluding hydrogens is 400 g/mol. The minimum absolute atomic E-state index is 0.132. The Kier molecular flexibility index (Phi) is 4.82. The largest absolute Gasteiger partial charge is 0.399 e. The summed E-state index contributed by atoms with van der Waals surface area (Å²) in [5, 5.41) is 11.6. The van der Waals surface area contributed by atoms with Gasteiger partial charge in [-0.15, -0.1) is 0 Å². The summed E-state index contributed by atoms with van der Waals surface area (Å²) in [7, 11) is 5.99. The number of rotatable bonds is 4. The van der Waals surface area contributed by atoms with Crippen LogP contribution >= 0.6 is 0 Å². The van der Waals surface area contributed by atoms with Crippen molar-refractivity contribution in [2.24, 2.45) is 12.0 Å². The van der Waals surface area contributed by atoms with Gasteiger partial charge in [-0.2, -0.15) is 5.10 Å². The predicted molar refractivity (Wildman–Crippen MR) is 131 cm³/mol. The second-order valence-electron chi connectivity index (χ2n) is 8.08. The van der Waals surface area contributed by atoms with Crippen LogP contribution in [0, 0.1) is 0 Å². The Labute approximate surface area is 187 Å². The fraction of sp³-hybridized carbons (Fsp3) is 0.167. The summed E-state index contributed by atoms with van der Waals surface area (Å²) in [6.07, 6.45) is 7.70. The molecule has 162 valence electrons. The molecule has 2 aliphatic heterocycles. The number of nitrogens with two attached hydrogens (primary N) is 1. The van der Waals surface area contributed by atoms with Gasteiger partial charge < -0.3 is 26.2 Å².